The van der Waals surface area contributed by atoms with Gasteiger partial charge in [-0.25, -0.2) is 4.98 Å². The van der Waals surface area contributed by atoms with Crippen LogP contribution in [0.5, 0.6) is 5.75 Å². The molecule has 0 unspecified atom stereocenters. The zero-order valence-electron chi connectivity index (χ0n) is 30.6. The molecule has 0 aliphatic carbocycles. The molecule has 278 valence electrons. The Morgan fingerprint density at radius 1 is 0.667 bits per heavy atom. The van der Waals surface area contributed by atoms with E-state index in [1.165, 1.54) is 0 Å². The maximum absolute atomic E-state index is 12.5. The molecule has 0 aliphatic heterocycles. The van der Waals surface area contributed by atoms with Crippen LogP contribution in [0.25, 0.3) is 82.9 Å². The summed E-state index contributed by atoms with van der Waals surface area (Å²) in [7, 11) is 0. The van der Waals surface area contributed by atoms with Gasteiger partial charge in [0.15, 0.2) is 0 Å². The van der Waals surface area contributed by atoms with Crippen molar-refractivity contribution in [2.45, 2.75) is 12.8 Å². The minimum absolute atomic E-state index is 0. The number of aromatic hydroxyl groups is 1. The molecule has 57 heavy (non-hydrogen) atoms. The maximum Gasteiger partial charge on any atom is 0.149 e. The van der Waals surface area contributed by atoms with E-state index in [1.54, 1.807) is 11.3 Å². The summed E-state index contributed by atoms with van der Waals surface area (Å²) >= 11 is 1.62. The number of aromatic nitrogens is 3. The van der Waals surface area contributed by atoms with Crippen molar-refractivity contribution in [2.24, 2.45) is 0 Å². The number of rotatable bonds is 9. The summed E-state index contributed by atoms with van der Waals surface area (Å²) in [5.41, 5.74) is 11.8. The van der Waals surface area contributed by atoms with Gasteiger partial charge in [-0.2, -0.15) is 11.3 Å². The normalized spacial score (nSPS) is 11.5. The van der Waals surface area contributed by atoms with Crippen molar-refractivity contribution >= 4 is 44.3 Å². The summed E-state index contributed by atoms with van der Waals surface area (Å²) in [6, 6.07) is 56.9. The van der Waals surface area contributed by atoms with Gasteiger partial charge in [-0.1, -0.05) is 121 Å². The SMILES string of the molecule is Oc1c(-c2nc3ccccc3n2-c2c(-c3ccccc3)cccc2-c2ccccc2)cc2c(oc3ccccc32)c1C/C=C\Cc1csc(-c2[c-]cccc2)n1.[Pt]. The number of phenols is 1. The molecule has 0 radical (unpaired) electrons. The fourth-order valence-corrected chi connectivity index (χ4v) is 8.47. The molecule has 1 N–H and O–H groups in total. The standard InChI is InChI=1S/C50H34N3O2S.Pt/c54-47-40(25-11-10-23-36-32-56-50(51-36)35-21-8-3-9-22-35)48-41(39-24-12-15-30-45(39)55-48)31-42(47)49-52-43-28-13-14-29-44(43)53(49)46-37(33-17-4-1-5-18-33)26-16-27-38(46)34-19-6-2-7-20-34;/h1-21,24,26-32,54H,23,25H2;/q-1;/b11-10-;. The average molecular weight is 936 g/mol. The van der Waals surface area contributed by atoms with Gasteiger partial charge >= 0.3 is 0 Å². The number of allylic oxidation sites excluding steroid dienone is 2. The fraction of sp³-hybridized carbons (Fsp3) is 0.0400. The molecule has 0 atom stereocenters. The van der Waals surface area contributed by atoms with Gasteiger partial charge in [0.05, 0.1) is 22.3 Å². The van der Waals surface area contributed by atoms with Crippen molar-refractivity contribution in [3.05, 3.63) is 193 Å². The summed E-state index contributed by atoms with van der Waals surface area (Å²) in [5.74, 6) is 0.793. The van der Waals surface area contributed by atoms with Crippen LogP contribution in [0.3, 0.4) is 0 Å². The number of nitrogens with zero attached hydrogens (tertiary/aromatic N) is 3. The predicted octanol–water partition coefficient (Wildman–Crippen LogP) is 12.9. The molecule has 10 aromatic rings. The van der Waals surface area contributed by atoms with E-state index in [2.05, 4.69) is 107 Å². The second-order valence-electron chi connectivity index (χ2n) is 13.7. The van der Waals surface area contributed by atoms with Crippen LogP contribution in [-0.4, -0.2) is 19.6 Å². The molecule has 7 heteroatoms. The van der Waals surface area contributed by atoms with Crippen molar-refractivity contribution in [3.8, 4) is 55.6 Å². The van der Waals surface area contributed by atoms with Crippen LogP contribution in [0.4, 0.5) is 0 Å². The number of benzene rings is 7. The molecule has 0 aliphatic rings. The molecule has 0 spiro atoms. The van der Waals surface area contributed by atoms with Crippen LogP contribution in [0.2, 0.25) is 0 Å². The summed E-state index contributed by atoms with van der Waals surface area (Å²) in [5, 5.41) is 17.5. The van der Waals surface area contributed by atoms with E-state index in [-0.39, 0.29) is 26.8 Å². The Morgan fingerprint density at radius 3 is 2.11 bits per heavy atom. The van der Waals surface area contributed by atoms with Crippen LogP contribution in [0, 0.1) is 6.07 Å². The second-order valence-corrected chi connectivity index (χ2v) is 14.6. The summed E-state index contributed by atoms with van der Waals surface area (Å²) in [6.45, 7) is 0. The third kappa shape index (κ3) is 6.71. The molecule has 0 fully saturated rings. The molecule has 0 saturated heterocycles. The van der Waals surface area contributed by atoms with Gasteiger partial charge < -0.3 is 9.52 Å². The van der Waals surface area contributed by atoms with Crippen molar-refractivity contribution < 1.29 is 30.6 Å². The molecule has 3 aromatic heterocycles. The first kappa shape index (κ1) is 36.3. The number of phenolic OH excluding ortho intramolecular Hbond substituents is 1. The van der Waals surface area contributed by atoms with Gasteiger partial charge in [-0.3, -0.25) is 9.55 Å². The van der Waals surface area contributed by atoms with Crippen molar-refractivity contribution in [1.29, 1.82) is 0 Å². The first-order valence-corrected chi connectivity index (χ1v) is 19.5. The van der Waals surface area contributed by atoms with Gasteiger partial charge in [0, 0.05) is 71.0 Å². The number of hydrogen-bond acceptors (Lipinski definition) is 5. The number of fused-ring (bicyclic) bond motifs is 4. The smallest absolute Gasteiger partial charge is 0.149 e. The van der Waals surface area contributed by atoms with E-state index in [0.717, 1.165) is 71.6 Å². The maximum atomic E-state index is 12.5. The first-order chi connectivity index (χ1) is 27.7. The van der Waals surface area contributed by atoms with Crippen LogP contribution < -0.4 is 0 Å². The number of hydrogen-bond donors (Lipinski definition) is 1. The van der Waals surface area contributed by atoms with Crippen LogP contribution in [-0.2, 0) is 33.9 Å². The van der Waals surface area contributed by atoms with E-state index in [1.807, 2.05) is 78.9 Å². The van der Waals surface area contributed by atoms with E-state index >= 15 is 0 Å². The largest absolute Gasteiger partial charge is 0.507 e. The second kappa shape index (κ2) is 15.7. The zero-order chi connectivity index (χ0) is 37.4. The molecular formula is C50H34N3O2PtS-. The topological polar surface area (TPSA) is 64.1 Å². The molecule has 10 rings (SSSR count). The van der Waals surface area contributed by atoms with E-state index in [0.29, 0.717) is 35.4 Å². The summed E-state index contributed by atoms with van der Waals surface area (Å²) < 4.78 is 8.74. The Morgan fingerprint density at radius 2 is 1.35 bits per heavy atom. The zero-order valence-corrected chi connectivity index (χ0v) is 33.7. The molecule has 0 amide bonds. The van der Waals surface area contributed by atoms with Gasteiger partial charge in [-0.05, 0) is 41.8 Å². The Balaban J connectivity index is 0.00000422. The molecule has 0 saturated carbocycles. The third-order valence-electron chi connectivity index (χ3n) is 10.3. The van der Waals surface area contributed by atoms with Crippen molar-refractivity contribution in [3.63, 3.8) is 0 Å². The van der Waals surface area contributed by atoms with E-state index in [9.17, 15) is 5.11 Å². The average Bonchev–Trinajstić information content (AvgIpc) is 3.99. The van der Waals surface area contributed by atoms with Crippen LogP contribution in [0.15, 0.2) is 180 Å². The van der Waals surface area contributed by atoms with Crippen molar-refractivity contribution in [1.82, 2.24) is 14.5 Å². The van der Waals surface area contributed by atoms with Crippen LogP contribution >= 0.6 is 11.3 Å². The van der Waals surface area contributed by atoms with Gasteiger partial charge in [0.25, 0.3) is 0 Å². The number of imidazole rings is 1. The molecule has 3 heterocycles. The fourth-order valence-electron chi connectivity index (χ4n) is 7.65. The Hall–Kier alpha value is -6.33. The quantitative estimate of drug-likeness (QED) is 0.116. The molecule has 0 bridgehead atoms. The van der Waals surface area contributed by atoms with Crippen LogP contribution in [0.1, 0.15) is 11.3 Å². The number of furan rings is 1. The predicted molar refractivity (Wildman–Crippen MR) is 229 cm³/mol. The Labute approximate surface area is 348 Å². The first-order valence-electron chi connectivity index (χ1n) is 18.7. The van der Waals surface area contributed by atoms with Gasteiger partial charge in [0.2, 0.25) is 0 Å². The Kier molecular flexibility index (Phi) is 9.98. The van der Waals surface area contributed by atoms with Gasteiger partial charge in [-0.15, -0.1) is 35.9 Å². The monoisotopic (exact) mass is 935 g/mol. The van der Waals surface area contributed by atoms with E-state index in [4.69, 9.17) is 14.4 Å². The third-order valence-corrected chi connectivity index (χ3v) is 11.2. The molecule has 7 aromatic carbocycles. The number of thiazole rings is 1. The Bertz CT molecular complexity index is 2980. The minimum atomic E-state index is 0. The van der Waals surface area contributed by atoms with E-state index < -0.39 is 0 Å². The van der Waals surface area contributed by atoms with Gasteiger partial charge in [0.1, 0.15) is 22.7 Å². The minimum Gasteiger partial charge on any atom is -0.507 e. The molecule has 5 nitrogen and oxygen atoms in total. The number of para-hydroxylation sites is 4. The van der Waals surface area contributed by atoms with Crippen molar-refractivity contribution in [2.75, 3.05) is 0 Å². The summed E-state index contributed by atoms with van der Waals surface area (Å²) in [4.78, 5) is 10.2. The summed E-state index contributed by atoms with van der Waals surface area (Å²) in [6.07, 6.45) is 5.34. The molecular weight excluding hydrogens is 902 g/mol.